The zero-order chi connectivity index (χ0) is 18.0. The van der Waals surface area contributed by atoms with Gasteiger partial charge in [-0.3, -0.25) is 0 Å². The third-order valence-corrected chi connectivity index (χ3v) is 3.37. The molecule has 0 N–H and O–H groups in total. The van der Waals surface area contributed by atoms with Crippen LogP contribution in [0.3, 0.4) is 0 Å². The van der Waals surface area contributed by atoms with Gasteiger partial charge in [-0.2, -0.15) is 0 Å². The number of carboxylic acid groups (broad SMARTS) is 1. The Labute approximate surface area is 142 Å². The first-order valence-electron chi connectivity index (χ1n) is 8.25. The van der Waals surface area contributed by atoms with E-state index in [2.05, 4.69) is 0 Å². The Balaban J connectivity index is 2.88. The van der Waals surface area contributed by atoms with Crippen LogP contribution >= 0.6 is 0 Å². The summed E-state index contributed by atoms with van der Waals surface area (Å²) in [6.45, 7) is 6.28. The standard InChI is InChI=1S/C18H26O6/c1-4-6-12-22-18(3,23-13-7-5-2)24-17(21)15-11-9-8-10-14(15)16(19)20/h8-11H,4-7,12-13H2,1-3H3,(H,19,20)/p-1. The summed E-state index contributed by atoms with van der Waals surface area (Å²) >= 11 is 0. The molecule has 0 bridgehead atoms. The van der Waals surface area contributed by atoms with Gasteiger partial charge in [-0.15, -0.1) is 0 Å². The lowest BCUT2D eigenvalue weighted by atomic mass is 10.1. The fraction of sp³-hybridized carbons (Fsp3) is 0.556. The van der Waals surface area contributed by atoms with Crippen molar-refractivity contribution in [1.82, 2.24) is 0 Å². The van der Waals surface area contributed by atoms with Crippen molar-refractivity contribution >= 4 is 11.9 Å². The molecular formula is C18H25O6-. The minimum absolute atomic E-state index is 0.0955. The molecule has 0 fully saturated rings. The van der Waals surface area contributed by atoms with E-state index in [1.165, 1.54) is 25.1 Å². The lowest BCUT2D eigenvalue weighted by Crippen LogP contribution is -2.39. The van der Waals surface area contributed by atoms with Gasteiger partial charge in [-0.25, -0.2) is 4.79 Å². The van der Waals surface area contributed by atoms with Gasteiger partial charge in [0.1, 0.15) is 0 Å². The lowest BCUT2D eigenvalue weighted by Gasteiger charge is -2.29. The molecule has 0 aliphatic rings. The van der Waals surface area contributed by atoms with Crippen LogP contribution < -0.4 is 5.11 Å². The maximum Gasteiger partial charge on any atom is 0.343 e. The van der Waals surface area contributed by atoms with E-state index in [4.69, 9.17) is 14.2 Å². The van der Waals surface area contributed by atoms with Crippen molar-refractivity contribution in [2.75, 3.05) is 13.2 Å². The number of hydrogen-bond donors (Lipinski definition) is 0. The largest absolute Gasteiger partial charge is 0.545 e. The van der Waals surface area contributed by atoms with E-state index in [0.29, 0.717) is 13.2 Å². The first-order valence-corrected chi connectivity index (χ1v) is 8.25. The molecule has 0 aliphatic heterocycles. The van der Waals surface area contributed by atoms with Gasteiger partial charge in [0, 0.05) is 12.5 Å². The summed E-state index contributed by atoms with van der Waals surface area (Å²) in [6, 6.07) is 5.72. The van der Waals surface area contributed by atoms with E-state index < -0.39 is 17.9 Å². The number of carbonyl (C=O) groups is 2. The predicted octanol–water partition coefficient (Wildman–Crippen LogP) is 2.51. The molecule has 24 heavy (non-hydrogen) atoms. The van der Waals surface area contributed by atoms with Crippen LogP contribution in [0.1, 0.15) is 67.2 Å². The molecule has 0 heterocycles. The molecule has 0 aliphatic carbocycles. The van der Waals surface area contributed by atoms with Crippen LogP contribution in [0, 0.1) is 0 Å². The number of rotatable bonds is 11. The summed E-state index contributed by atoms with van der Waals surface area (Å²) in [4.78, 5) is 23.5. The Hall–Kier alpha value is -1.92. The minimum atomic E-state index is -1.56. The zero-order valence-corrected chi connectivity index (χ0v) is 14.5. The summed E-state index contributed by atoms with van der Waals surface area (Å²) < 4.78 is 16.5. The lowest BCUT2D eigenvalue weighted by molar-refractivity contribution is -0.345. The van der Waals surface area contributed by atoms with Gasteiger partial charge in [-0.1, -0.05) is 44.9 Å². The van der Waals surface area contributed by atoms with Crippen LogP contribution in [-0.4, -0.2) is 31.1 Å². The van der Waals surface area contributed by atoms with Crippen molar-refractivity contribution in [3.8, 4) is 0 Å². The fourth-order valence-corrected chi connectivity index (χ4v) is 1.97. The van der Waals surface area contributed by atoms with Gasteiger partial charge in [0.2, 0.25) is 0 Å². The van der Waals surface area contributed by atoms with Crippen molar-refractivity contribution in [3.63, 3.8) is 0 Å². The number of esters is 1. The second-order valence-corrected chi connectivity index (χ2v) is 5.49. The Morgan fingerprint density at radius 3 is 1.96 bits per heavy atom. The maximum absolute atomic E-state index is 12.4. The van der Waals surface area contributed by atoms with Crippen molar-refractivity contribution in [2.24, 2.45) is 0 Å². The smallest absolute Gasteiger partial charge is 0.343 e. The highest BCUT2D eigenvalue weighted by Gasteiger charge is 2.32. The normalized spacial score (nSPS) is 11.3. The number of ether oxygens (including phenoxy) is 3. The second-order valence-electron chi connectivity index (χ2n) is 5.49. The van der Waals surface area contributed by atoms with Gasteiger partial charge in [0.05, 0.1) is 24.7 Å². The van der Waals surface area contributed by atoms with Crippen molar-refractivity contribution in [2.45, 2.75) is 52.4 Å². The number of carbonyl (C=O) groups excluding carboxylic acids is 2. The first kappa shape index (κ1) is 20.1. The molecule has 6 nitrogen and oxygen atoms in total. The van der Waals surface area contributed by atoms with Gasteiger partial charge >= 0.3 is 11.9 Å². The van der Waals surface area contributed by atoms with E-state index in [1.807, 2.05) is 13.8 Å². The third kappa shape index (κ3) is 6.29. The molecule has 1 aromatic rings. The van der Waals surface area contributed by atoms with Gasteiger partial charge < -0.3 is 24.1 Å². The number of aromatic carboxylic acids is 1. The van der Waals surface area contributed by atoms with Gasteiger partial charge in [-0.05, 0) is 18.9 Å². The van der Waals surface area contributed by atoms with Crippen LogP contribution in [0.25, 0.3) is 0 Å². The third-order valence-electron chi connectivity index (χ3n) is 3.37. The topological polar surface area (TPSA) is 84.9 Å². The number of hydrogen-bond acceptors (Lipinski definition) is 6. The molecule has 6 heteroatoms. The highest BCUT2D eigenvalue weighted by Crippen LogP contribution is 2.20. The van der Waals surface area contributed by atoms with Crippen molar-refractivity contribution in [3.05, 3.63) is 35.4 Å². The molecule has 0 saturated heterocycles. The van der Waals surface area contributed by atoms with E-state index in [0.717, 1.165) is 25.7 Å². The number of benzene rings is 1. The number of unbranched alkanes of at least 4 members (excludes halogenated alkanes) is 2. The summed E-state index contributed by atoms with van der Waals surface area (Å²) in [6.07, 6.45) is 3.43. The molecule has 134 valence electrons. The molecule has 0 aromatic heterocycles. The summed E-state index contributed by atoms with van der Waals surface area (Å²) in [5.41, 5.74) is -0.325. The van der Waals surface area contributed by atoms with Crippen LogP contribution in [0.15, 0.2) is 24.3 Å². The molecule has 1 aromatic carbocycles. The average Bonchev–Trinajstić information content (AvgIpc) is 2.55. The van der Waals surface area contributed by atoms with Crippen LogP contribution in [0.5, 0.6) is 0 Å². The Bertz CT molecular complexity index is 530. The quantitative estimate of drug-likeness (QED) is 0.350. The monoisotopic (exact) mass is 337 g/mol. The summed E-state index contributed by atoms with van der Waals surface area (Å²) in [5.74, 6) is -3.83. The SMILES string of the molecule is CCCCOC(C)(OCCCC)OC(=O)c1ccccc1C(=O)[O-]. The average molecular weight is 337 g/mol. The van der Waals surface area contributed by atoms with E-state index in [9.17, 15) is 14.7 Å². The Morgan fingerprint density at radius 1 is 1.00 bits per heavy atom. The highest BCUT2D eigenvalue weighted by atomic mass is 16.9. The highest BCUT2D eigenvalue weighted by molar-refractivity contribution is 6.01. The van der Waals surface area contributed by atoms with Crippen molar-refractivity contribution < 1.29 is 28.9 Å². The fourth-order valence-electron chi connectivity index (χ4n) is 1.97. The molecule has 1 rings (SSSR count). The van der Waals surface area contributed by atoms with Crippen LogP contribution in [-0.2, 0) is 14.2 Å². The predicted molar refractivity (Wildman–Crippen MR) is 86.3 cm³/mol. The maximum atomic E-state index is 12.4. The summed E-state index contributed by atoms with van der Waals surface area (Å²) in [7, 11) is 0. The minimum Gasteiger partial charge on any atom is -0.545 e. The Morgan fingerprint density at radius 2 is 1.50 bits per heavy atom. The van der Waals surface area contributed by atoms with Gasteiger partial charge in [0.15, 0.2) is 0 Å². The summed E-state index contributed by atoms with van der Waals surface area (Å²) in [5, 5.41) is 11.1. The first-order chi connectivity index (χ1) is 11.4. The second kappa shape index (κ2) is 10.1. The number of carboxylic acids is 1. The van der Waals surface area contributed by atoms with E-state index in [-0.39, 0.29) is 11.1 Å². The molecule has 0 spiro atoms. The zero-order valence-electron chi connectivity index (χ0n) is 14.5. The Kier molecular flexibility index (Phi) is 8.43. The van der Waals surface area contributed by atoms with E-state index >= 15 is 0 Å². The molecule has 0 radical (unpaired) electrons. The molecular weight excluding hydrogens is 312 g/mol. The van der Waals surface area contributed by atoms with Crippen LogP contribution in [0.4, 0.5) is 0 Å². The van der Waals surface area contributed by atoms with Gasteiger partial charge in [0.25, 0.3) is 0 Å². The molecule has 0 atom stereocenters. The van der Waals surface area contributed by atoms with Crippen molar-refractivity contribution in [1.29, 1.82) is 0 Å². The van der Waals surface area contributed by atoms with Crippen LogP contribution in [0.2, 0.25) is 0 Å². The van der Waals surface area contributed by atoms with E-state index in [1.54, 1.807) is 6.07 Å². The molecule has 0 amide bonds. The molecule has 0 unspecified atom stereocenters. The molecule has 0 saturated carbocycles.